The Hall–Kier alpha value is -0.650. The van der Waals surface area contributed by atoms with E-state index >= 15 is 0 Å². The maximum absolute atomic E-state index is 11.8. The molecule has 0 bridgehead atoms. The molecule has 2 N–H and O–H groups in total. The first-order valence-electron chi connectivity index (χ1n) is 6.71. The first-order valence-corrected chi connectivity index (χ1v) is 6.71. The maximum Gasteiger partial charge on any atom is 0.236 e. The molecule has 1 fully saturated rings. The van der Waals surface area contributed by atoms with E-state index in [1.165, 1.54) is 0 Å². The number of hydrogen-bond donors (Lipinski definition) is 2. The average molecular weight is 258 g/mol. The fourth-order valence-electron chi connectivity index (χ4n) is 2.40. The Morgan fingerprint density at radius 3 is 2.56 bits per heavy atom. The lowest BCUT2D eigenvalue weighted by molar-refractivity contribution is -0.123. The molecular formula is C13H26N2O3. The van der Waals surface area contributed by atoms with Gasteiger partial charge in [-0.25, -0.2) is 0 Å². The minimum atomic E-state index is -0.177. The molecule has 5 heteroatoms. The molecule has 0 aromatic rings. The smallest absolute Gasteiger partial charge is 0.236 e. The maximum atomic E-state index is 11.8. The van der Waals surface area contributed by atoms with Gasteiger partial charge in [-0.2, -0.15) is 0 Å². The van der Waals surface area contributed by atoms with Gasteiger partial charge in [-0.05, 0) is 33.6 Å². The highest BCUT2D eigenvalue weighted by atomic mass is 16.5. The number of amides is 1. The lowest BCUT2D eigenvalue weighted by atomic mass is 9.99. The summed E-state index contributed by atoms with van der Waals surface area (Å²) in [5.74, 6) is 0.0267. The molecule has 1 heterocycles. The zero-order valence-corrected chi connectivity index (χ0v) is 11.9. The van der Waals surface area contributed by atoms with Crippen LogP contribution in [0.4, 0.5) is 0 Å². The fourth-order valence-corrected chi connectivity index (χ4v) is 2.40. The molecule has 5 nitrogen and oxygen atoms in total. The first kappa shape index (κ1) is 15.4. The van der Waals surface area contributed by atoms with E-state index in [9.17, 15) is 4.79 Å². The lowest BCUT2D eigenvalue weighted by Gasteiger charge is -2.34. The molecule has 1 saturated heterocycles. The Morgan fingerprint density at radius 1 is 1.39 bits per heavy atom. The highest BCUT2D eigenvalue weighted by Crippen LogP contribution is 2.19. The molecular weight excluding hydrogens is 232 g/mol. The Balaban J connectivity index is 2.29. The van der Waals surface area contributed by atoms with Gasteiger partial charge in [0, 0.05) is 19.7 Å². The van der Waals surface area contributed by atoms with E-state index in [1.54, 1.807) is 7.11 Å². The standard InChI is InChI=1S/C13H26N2O3/c1-9-7-12(8-10(2)18-9)15-11(3)13(16)14-5-6-17-4/h9-12,15H,5-8H2,1-4H3,(H,14,16). The molecule has 106 valence electrons. The van der Waals surface area contributed by atoms with E-state index in [2.05, 4.69) is 24.5 Å². The molecule has 1 aliphatic rings. The van der Waals surface area contributed by atoms with Crippen LogP contribution in [0.2, 0.25) is 0 Å². The predicted octanol–water partition coefficient (Wildman–Crippen LogP) is 0.683. The monoisotopic (exact) mass is 258 g/mol. The second kappa shape index (κ2) is 7.71. The van der Waals surface area contributed by atoms with Crippen molar-refractivity contribution in [2.24, 2.45) is 0 Å². The van der Waals surface area contributed by atoms with Gasteiger partial charge < -0.3 is 20.1 Å². The van der Waals surface area contributed by atoms with Gasteiger partial charge in [0.25, 0.3) is 0 Å². The van der Waals surface area contributed by atoms with Crippen molar-refractivity contribution < 1.29 is 14.3 Å². The van der Waals surface area contributed by atoms with Crippen molar-refractivity contribution in [2.45, 2.75) is 57.9 Å². The number of ether oxygens (including phenoxy) is 2. The summed E-state index contributed by atoms with van der Waals surface area (Å²) in [4.78, 5) is 11.8. The van der Waals surface area contributed by atoms with Crippen molar-refractivity contribution in [1.82, 2.24) is 10.6 Å². The van der Waals surface area contributed by atoms with Gasteiger partial charge in [-0.3, -0.25) is 4.79 Å². The van der Waals surface area contributed by atoms with Gasteiger partial charge in [0.05, 0.1) is 24.9 Å². The Morgan fingerprint density at radius 2 is 2.00 bits per heavy atom. The van der Waals surface area contributed by atoms with Crippen molar-refractivity contribution in [3.63, 3.8) is 0 Å². The Labute approximate surface area is 110 Å². The van der Waals surface area contributed by atoms with Crippen LogP contribution in [0.3, 0.4) is 0 Å². The van der Waals surface area contributed by atoms with Gasteiger partial charge >= 0.3 is 0 Å². The van der Waals surface area contributed by atoms with Crippen LogP contribution in [0.25, 0.3) is 0 Å². The van der Waals surface area contributed by atoms with Crippen LogP contribution in [-0.4, -0.2) is 50.5 Å². The zero-order chi connectivity index (χ0) is 13.5. The van der Waals surface area contributed by atoms with Gasteiger partial charge in [-0.15, -0.1) is 0 Å². The Bertz CT molecular complexity index is 251. The Kier molecular flexibility index (Phi) is 6.60. The molecule has 0 radical (unpaired) electrons. The van der Waals surface area contributed by atoms with Crippen LogP contribution in [0.15, 0.2) is 0 Å². The lowest BCUT2D eigenvalue weighted by Crippen LogP contribution is -2.50. The first-order chi connectivity index (χ1) is 8.52. The van der Waals surface area contributed by atoms with Crippen molar-refractivity contribution in [3.05, 3.63) is 0 Å². The number of methoxy groups -OCH3 is 1. The summed E-state index contributed by atoms with van der Waals surface area (Å²) in [6.45, 7) is 7.15. The van der Waals surface area contributed by atoms with E-state index in [1.807, 2.05) is 6.92 Å². The number of carbonyl (C=O) groups is 1. The highest BCUT2D eigenvalue weighted by Gasteiger charge is 2.26. The van der Waals surface area contributed by atoms with E-state index < -0.39 is 0 Å². The third-order valence-corrected chi connectivity index (χ3v) is 3.18. The molecule has 1 rings (SSSR count). The van der Waals surface area contributed by atoms with Crippen LogP contribution in [0.5, 0.6) is 0 Å². The molecule has 0 aliphatic carbocycles. The largest absolute Gasteiger partial charge is 0.383 e. The van der Waals surface area contributed by atoms with E-state index in [0.29, 0.717) is 19.2 Å². The molecule has 1 amide bonds. The normalized spacial score (nSPS) is 29.9. The van der Waals surface area contributed by atoms with E-state index in [4.69, 9.17) is 9.47 Å². The highest BCUT2D eigenvalue weighted by molar-refractivity contribution is 5.81. The van der Waals surface area contributed by atoms with Gasteiger partial charge in [-0.1, -0.05) is 0 Å². The number of rotatable bonds is 6. The molecule has 3 unspecified atom stereocenters. The van der Waals surface area contributed by atoms with Crippen LogP contribution in [0, 0.1) is 0 Å². The molecule has 0 saturated carbocycles. The van der Waals surface area contributed by atoms with Crippen LogP contribution in [-0.2, 0) is 14.3 Å². The number of hydrogen-bond acceptors (Lipinski definition) is 4. The molecule has 0 aromatic carbocycles. The summed E-state index contributed by atoms with van der Waals surface area (Å²) in [6, 6.07) is 0.177. The third-order valence-electron chi connectivity index (χ3n) is 3.18. The van der Waals surface area contributed by atoms with Crippen molar-refractivity contribution in [1.29, 1.82) is 0 Å². The summed E-state index contributed by atoms with van der Waals surface area (Å²) < 4.78 is 10.6. The van der Waals surface area contributed by atoms with Crippen molar-refractivity contribution in [3.8, 4) is 0 Å². The molecule has 0 aromatic heterocycles. The van der Waals surface area contributed by atoms with Gasteiger partial charge in [0.1, 0.15) is 0 Å². The third kappa shape index (κ3) is 5.33. The molecule has 1 aliphatic heterocycles. The van der Waals surface area contributed by atoms with Crippen LogP contribution in [0.1, 0.15) is 33.6 Å². The second-order valence-electron chi connectivity index (χ2n) is 5.10. The zero-order valence-electron chi connectivity index (χ0n) is 11.9. The molecule has 0 spiro atoms. The summed E-state index contributed by atoms with van der Waals surface area (Å²) in [5, 5.41) is 6.21. The predicted molar refractivity (Wildman–Crippen MR) is 70.5 cm³/mol. The topological polar surface area (TPSA) is 59.6 Å². The van der Waals surface area contributed by atoms with Crippen molar-refractivity contribution in [2.75, 3.05) is 20.3 Å². The number of carbonyl (C=O) groups excluding carboxylic acids is 1. The van der Waals surface area contributed by atoms with E-state index in [0.717, 1.165) is 12.8 Å². The SMILES string of the molecule is COCCNC(=O)C(C)NC1CC(C)OC(C)C1. The molecule has 3 atom stereocenters. The quantitative estimate of drug-likeness (QED) is 0.688. The summed E-state index contributed by atoms with van der Waals surface area (Å²) in [6.07, 6.45) is 2.44. The van der Waals surface area contributed by atoms with Crippen molar-refractivity contribution >= 4 is 5.91 Å². The fraction of sp³-hybridized carbons (Fsp3) is 0.923. The van der Waals surface area contributed by atoms with Crippen LogP contribution >= 0.6 is 0 Å². The second-order valence-corrected chi connectivity index (χ2v) is 5.10. The summed E-state index contributed by atoms with van der Waals surface area (Å²) in [5.41, 5.74) is 0. The van der Waals surface area contributed by atoms with Gasteiger partial charge in [0.2, 0.25) is 5.91 Å². The summed E-state index contributed by atoms with van der Waals surface area (Å²) >= 11 is 0. The minimum absolute atomic E-state index is 0.0267. The summed E-state index contributed by atoms with van der Waals surface area (Å²) in [7, 11) is 1.62. The van der Waals surface area contributed by atoms with Crippen LogP contribution < -0.4 is 10.6 Å². The van der Waals surface area contributed by atoms with Gasteiger partial charge in [0.15, 0.2) is 0 Å². The average Bonchev–Trinajstić information content (AvgIpc) is 2.27. The number of nitrogens with one attached hydrogen (secondary N) is 2. The minimum Gasteiger partial charge on any atom is -0.383 e. The molecule has 18 heavy (non-hydrogen) atoms. The van der Waals surface area contributed by atoms with E-state index in [-0.39, 0.29) is 24.2 Å².